The number of carbonyl (C=O) groups excluding carboxylic acids is 3. The molecule has 0 saturated carbocycles. The number of barbiturate groups is 1. The summed E-state index contributed by atoms with van der Waals surface area (Å²) in [6.45, 7) is 2.23. The number of halogens is 3. The molecule has 4 amide bonds. The number of hydrogen-bond donors (Lipinski definition) is 1. The second-order valence-electron chi connectivity index (χ2n) is 8.03. The number of ether oxygens (including phenoxy) is 2. The zero-order chi connectivity index (χ0) is 28.3. The number of nitrogens with one attached hydrogen (secondary N) is 1. The fraction of sp³-hybridized carbons (Fsp3) is 0.115. The van der Waals surface area contributed by atoms with Gasteiger partial charge in [-0.15, -0.1) is 0 Å². The van der Waals surface area contributed by atoms with Gasteiger partial charge >= 0.3 is 6.03 Å². The fourth-order valence-corrected chi connectivity index (χ4v) is 4.56. The van der Waals surface area contributed by atoms with Gasteiger partial charge in [-0.05, 0) is 70.4 Å². The minimum absolute atomic E-state index is 0.0627. The lowest BCUT2D eigenvalue weighted by atomic mass is 10.1. The van der Waals surface area contributed by atoms with Crippen molar-refractivity contribution in [1.82, 2.24) is 5.32 Å². The largest absolute Gasteiger partial charge is 0.490 e. The highest BCUT2D eigenvalue weighted by Crippen LogP contribution is 2.38. The molecule has 3 aromatic rings. The van der Waals surface area contributed by atoms with Crippen LogP contribution in [0.3, 0.4) is 0 Å². The van der Waals surface area contributed by atoms with E-state index in [0.717, 1.165) is 11.6 Å². The van der Waals surface area contributed by atoms with Crippen LogP contribution in [-0.2, 0) is 16.2 Å². The fourth-order valence-electron chi connectivity index (χ4n) is 3.66. The average Bonchev–Trinajstić information content (AvgIpc) is 2.88. The molecule has 39 heavy (non-hydrogen) atoms. The monoisotopic (exact) mass is 633 g/mol. The molecule has 0 radical (unpaired) electrons. The van der Waals surface area contributed by atoms with Crippen LogP contribution in [-0.4, -0.2) is 29.4 Å². The summed E-state index contributed by atoms with van der Waals surface area (Å²) in [5, 5.41) is 14.0. The number of hydrogen-bond acceptors (Lipinski definition) is 7. The molecule has 0 spiro atoms. The van der Waals surface area contributed by atoms with Crippen LogP contribution >= 0.6 is 39.1 Å². The Hall–Kier alpha value is -3.93. The normalized spacial score (nSPS) is 14.4. The summed E-state index contributed by atoms with van der Waals surface area (Å²) in [6.07, 6.45) is 1.28. The van der Waals surface area contributed by atoms with E-state index >= 15 is 0 Å². The van der Waals surface area contributed by atoms with E-state index in [-0.39, 0.29) is 23.6 Å². The Balaban J connectivity index is 1.66. The van der Waals surface area contributed by atoms with E-state index < -0.39 is 22.8 Å². The molecule has 3 aromatic carbocycles. The molecule has 1 fully saturated rings. The maximum Gasteiger partial charge on any atom is 0.335 e. The number of urea groups is 1. The van der Waals surface area contributed by atoms with E-state index in [0.29, 0.717) is 43.1 Å². The first-order valence-electron chi connectivity index (χ1n) is 11.3. The number of nitrogens with zero attached hydrogens (tertiary/aromatic N) is 2. The number of non-ortho nitro benzene ring substituents is 1. The number of rotatable bonds is 8. The molecule has 1 aliphatic heterocycles. The minimum Gasteiger partial charge on any atom is -0.490 e. The molecule has 1 saturated heterocycles. The summed E-state index contributed by atoms with van der Waals surface area (Å²) < 4.78 is 12.2. The highest BCUT2D eigenvalue weighted by Gasteiger charge is 2.37. The molecule has 1 aliphatic rings. The van der Waals surface area contributed by atoms with Gasteiger partial charge in [-0.2, -0.15) is 0 Å². The van der Waals surface area contributed by atoms with Crippen molar-refractivity contribution >= 4 is 74.4 Å². The molecule has 0 bridgehead atoms. The first-order valence-corrected chi connectivity index (χ1v) is 12.8. The maximum atomic E-state index is 13.2. The summed E-state index contributed by atoms with van der Waals surface area (Å²) in [5.41, 5.74) is 0.406. The van der Waals surface area contributed by atoms with Gasteiger partial charge in [0.2, 0.25) is 0 Å². The molecule has 0 aromatic heterocycles. The van der Waals surface area contributed by atoms with Crippen LogP contribution in [0.15, 0.2) is 64.6 Å². The van der Waals surface area contributed by atoms with Gasteiger partial charge in [0.15, 0.2) is 11.5 Å². The highest BCUT2D eigenvalue weighted by atomic mass is 79.9. The second kappa shape index (κ2) is 11.9. The number of carbonyl (C=O) groups is 3. The summed E-state index contributed by atoms with van der Waals surface area (Å²) in [6, 6.07) is 12.2. The van der Waals surface area contributed by atoms with Crippen LogP contribution in [0, 0.1) is 10.1 Å². The predicted molar refractivity (Wildman–Crippen MR) is 148 cm³/mol. The lowest BCUT2D eigenvalue weighted by molar-refractivity contribution is -0.384. The molecule has 1 heterocycles. The molecule has 200 valence electrons. The van der Waals surface area contributed by atoms with Gasteiger partial charge in [-0.1, -0.05) is 35.3 Å². The van der Waals surface area contributed by atoms with Crippen LogP contribution in [0.1, 0.15) is 18.1 Å². The van der Waals surface area contributed by atoms with E-state index in [1.165, 1.54) is 24.3 Å². The van der Waals surface area contributed by atoms with E-state index in [1.807, 2.05) is 0 Å². The number of imide groups is 2. The van der Waals surface area contributed by atoms with Crippen molar-refractivity contribution in [3.8, 4) is 11.5 Å². The van der Waals surface area contributed by atoms with Gasteiger partial charge in [-0.3, -0.25) is 25.0 Å². The molecule has 10 nitrogen and oxygen atoms in total. The number of benzene rings is 3. The quantitative estimate of drug-likeness (QED) is 0.133. The smallest absolute Gasteiger partial charge is 0.335 e. The standard InChI is InChI=1S/C26H18BrCl2N3O7/c1-2-38-22-11-15(9-19(27)23(22)39-13-14-6-7-20(28)21(29)10-14)8-18-24(33)30-26(35)31(25(18)34)16-4-3-5-17(12-16)32(36)37/h3-12H,2,13H2,1H3,(H,30,33,35)/b18-8+. The summed E-state index contributed by atoms with van der Waals surface area (Å²) in [4.78, 5) is 49.5. The molecule has 0 atom stereocenters. The Morgan fingerprint density at radius 2 is 1.82 bits per heavy atom. The Morgan fingerprint density at radius 1 is 1.05 bits per heavy atom. The third-order valence-corrected chi connectivity index (χ3v) is 6.74. The first-order chi connectivity index (χ1) is 18.6. The van der Waals surface area contributed by atoms with Crippen molar-refractivity contribution in [2.75, 3.05) is 11.5 Å². The lowest BCUT2D eigenvalue weighted by Crippen LogP contribution is -2.54. The van der Waals surface area contributed by atoms with Crippen LogP contribution in [0.2, 0.25) is 10.0 Å². The van der Waals surface area contributed by atoms with Gasteiger partial charge in [0, 0.05) is 12.1 Å². The molecular weight excluding hydrogens is 617 g/mol. The zero-order valence-electron chi connectivity index (χ0n) is 20.1. The third-order valence-electron chi connectivity index (χ3n) is 5.41. The topological polar surface area (TPSA) is 128 Å². The Bertz CT molecular complexity index is 1540. The van der Waals surface area contributed by atoms with Crippen LogP contribution < -0.4 is 19.7 Å². The van der Waals surface area contributed by atoms with Gasteiger partial charge < -0.3 is 9.47 Å². The Morgan fingerprint density at radius 3 is 2.51 bits per heavy atom. The number of anilines is 1. The van der Waals surface area contributed by atoms with Crippen molar-refractivity contribution in [3.63, 3.8) is 0 Å². The van der Waals surface area contributed by atoms with Crippen LogP contribution in [0.4, 0.5) is 16.2 Å². The Kier molecular flexibility index (Phi) is 8.54. The third kappa shape index (κ3) is 6.22. The first kappa shape index (κ1) is 28.1. The summed E-state index contributed by atoms with van der Waals surface area (Å²) >= 11 is 15.5. The SMILES string of the molecule is CCOc1cc(/C=C2\C(=O)NC(=O)N(c3cccc([N+](=O)[O-])c3)C2=O)cc(Br)c1OCc1ccc(Cl)c(Cl)c1. The molecule has 13 heteroatoms. The van der Waals surface area contributed by atoms with Crippen molar-refractivity contribution in [1.29, 1.82) is 0 Å². The highest BCUT2D eigenvalue weighted by molar-refractivity contribution is 9.10. The molecule has 0 unspecified atom stereocenters. The second-order valence-corrected chi connectivity index (χ2v) is 9.70. The van der Waals surface area contributed by atoms with E-state index in [4.69, 9.17) is 32.7 Å². The van der Waals surface area contributed by atoms with Gasteiger partial charge in [0.05, 0.1) is 31.7 Å². The average molecular weight is 635 g/mol. The minimum atomic E-state index is -1.02. The van der Waals surface area contributed by atoms with E-state index in [9.17, 15) is 24.5 Å². The Labute approximate surface area is 240 Å². The number of nitro benzene ring substituents is 1. The van der Waals surface area contributed by atoms with Gasteiger partial charge in [-0.25, -0.2) is 9.69 Å². The summed E-state index contributed by atoms with van der Waals surface area (Å²) in [7, 11) is 0. The van der Waals surface area contributed by atoms with Crippen molar-refractivity contribution in [3.05, 3.63) is 95.9 Å². The van der Waals surface area contributed by atoms with Crippen molar-refractivity contribution < 1.29 is 28.8 Å². The van der Waals surface area contributed by atoms with Crippen molar-refractivity contribution in [2.24, 2.45) is 0 Å². The van der Waals surface area contributed by atoms with Gasteiger partial charge in [0.25, 0.3) is 17.5 Å². The summed E-state index contributed by atoms with van der Waals surface area (Å²) in [5.74, 6) is -1.16. The van der Waals surface area contributed by atoms with Gasteiger partial charge in [0.1, 0.15) is 12.2 Å². The molecule has 0 aliphatic carbocycles. The molecular formula is C26H18BrCl2N3O7. The van der Waals surface area contributed by atoms with E-state index in [1.54, 1.807) is 37.3 Å². The number of amides is 4. The molecule has 4 rings (SSSR count). The van der Waals surface area contributed by atoms with Crippen LogP contribution in [0.5, 0.6) is 11.5 Å². The predicted octanol–water partition coefficient (Wildman–Crippen LogP) is 6.31. The van der Waals surface area contributed by atoms with Crippen molar-refractivity contribution in [2.45, 2.75) is 13.5 Å². The van der Waals surface area contributed by atoms with E-state index in [2.05, 4.69) is 21.2 Å². The maximum absolute atomic E-state index is 13.2. The molecule has 1 N–H and O–H groups in total. The van der Waals surface area contributed by atoms with Crippen LogP contribution in [0.25, 0.3) is 6.08 Å². The lowest BCUT2D eigenvalue weighted by Gasteiger charge is -2.26. The number of nitro groups is 1. The zero-order valence-corrected chi connectivity index (χ0v) is 23.2.